The maximum Gasteiger partial charge on any atom is -0.00199 e. The Balaban J connectivity index is 1.03. The molecule has 0 radical (unpaired) electrons. The molecule has 0 spiro atoms. The fourth-order valence-electron chi connectivity index (χ4n) is 10.9. The van der Waals surface area contributed by atoms with Crippen LogP contribution in [0.4, 0.5) is 0 Å². The van der Waals surface area contributed by atoms with Crippen LogP contribution in [0, 0.1) is 27.7 Å². The molecular formula is C58H40. The Labute approximate surface area is 339 Å². The van der Waals surface area contributed by atoms with E-state index in [1.54, 1.807) is 0 Å². The first-order valence-corrected chi connectivity index (χ1v) is 20.5. The van der Waals surface area contributed by atoms with E-state index in [-0.39, 0.29) is 0 Å². The van der Waals surface area contributed by atoms with E-state index >= 15 is 0 Å². The van der Waals surface area contributed by atoms with Gasteiger partial charge in [0.1, 0.15) is 0 Å². The van der Waals surface area contributed by atoms with Crippen molar-refractivity contribution >= 4 is 32.3 Å². The van der Waals surface area contributed by atoms with Crippen LogP contribution in [0.15, 0.2) is 170 Å². The first-order chi connectivity index (χ1) is 28.5. The minimum atomic E-state index is 1.27. The fraction of sp³-hybridized carbons (Fsp3) is 0.0690. The summed E-state index contributed by atoms with van der Waals surface area (Å²) in [5.41, 5.74) is 26.6. The molecule has 0 N–H and O–H groups in total. The highest BCUT2D eigenvalue weighted by Crippen LogP contribution is 2.56. The molecule has 0 aliphatic heterocycles. The van der Waals surface area contributed by atoms with Crippen molar-refractivity contribution in [1.29, 1.82) is 0 Å². The molecule has 0 unspecified atom stereocenters. The van der Waals surface area contributed by atoms with Crippen molar-refractivity contribution < 1.29 is 0 Å². The third-order valence-corrected chi connectivity index (χ3v) is 13.4. The van der Waals surface area contributed by atoms with Gasteiger partial charge >= 0.3 is 0 Å². The minimum absolute atomic E-state index is 1.27. The van der Waals surface area contributed by atoms with E-state index < -0.39 is 0 Å². The lowest BCUT2D eigenvalue weighted by Crippen LogP contribution is -1.92. The van der Waals surface area contributed by atoms with Crippen LogP contribution in [-0.4, -0.2) is 0 Å². The number of benzene rings is 10. The Morgan fingerprint density at radius 3 is 0.983 bits per heavy atom. The van der Waals surface area contributed by atoms with E-state index in [1.807, 2.05) is 0 Å². The molecule has 0 saturated carbocycles. The molecule has 0 aromatic heterocycles. The standard InChI is InChI=1S/C58H40/c1-33-31-51(37-15-7-5-8-16-37)35(3)55-47-23-13-21-45-43(27-29-49(53(33)55)57(45)47)41-25-26-42(40-20-12-11-19-39(40)41)44-28-30-50-54-34(2)32-52(38-17-9-6-10-18-38)36(4)56(54)48-24-14-22-46(44)58(48)50/h5-32H,1-4H3. The molecule has 0 heteroatoms. The van der Waals surface area contributed by atoms with Gasteiger partial charge in [-0.2, -0.15) is 0 Å². The SMILES string of the molecule is Cc1cc(-c2ccccc2)c(C)c2c1-c1ccc(-c3ccc(-c4ccc5c6c(cccc46)-c4c(C)c(-c6ccccc6)cc(C)c4-5)c4ccccc34)c3cccc-2c13. The second-order valence-electron chi connectivity index (χ2n) is 16.4. The summed E-state index contributed by atoms with van der Waals surface area (Å²) < 4.78 is 0. The zero-order chi connectivity index (χ0) is 38.8. The molecule has 0 fully saturated rings. The first-order valence-electron chi connectivity index (χ1n) is 20.5. The summed E-state index contributed by atoms with van der Waals surface area (Å²) in [6, 6.07) is 63.7. The van der Waals surface area contributed by atoms with Gasteiger partial charge in [-0.3, -0.25) is 0 Å². The summed E-state index contributed by atoms with van der Waals surface area (Å²) >= 11 is 0. The zero-order valence-electron chi connectivity index (χ0n) is 33.2. The summed E-state index contributed by atoms with van der Waals surface area (Å²) in [6.07, 6.45) is 0. The highest BCUT2D eigenvalue weighted by molar-refractivity contribution is 6.24. The number of hydrogen-bond donors (Lipinski definition) is 0. The summed E-state index contributed by atoms with van der Waals surface area (Å²) in [6.45, 7) is 9.18. The smallest absolute Gasteiger partial charge is 0.00199 e. The van der Waals surface area contributed by atoms with Crippen LogP contribution >= 0.6 is 0 Å². The largest absolute Gasteiger partial charge is 0.0622 e. The van der Waals surface area contributed by atoms with Gasteiger partial charge in [0.15, 0.2) is 0 Å². The molecule has 10 aromatic rings. The minimum Gasteiger partial charge on any atom is -0.0622 e. The van der Waals surface area contributed by atoms with Crippen molar-refractivity contribution in [2.24, 2.45) is 0 Å². The Morgan fingerprint density at radius 1 is 0.241 bits per heavy atom. The van der Waals surface area contributed by atoms with Gasteiger partial charge in [-0.1, -0.05) is 170 Å². The Hall–Kier alpha value is -7.02. The molecule has 12 rings (SSSR count). The fourth-order valence-corrected chi connectivity index (χ4v) is 10.9. The zero-order valence-corrected chi connectivity index (χ0v) is 33.2. The monoisotopic (exact) mass is 736 g/mol. The van der Waals surface area contributed by atoms with Crippen molar-refractivity contribution in [2.45, 2.75) is 27.7 Å². The lowest BCUT2D eigenvalue weighted by Gasteiger charge is -2.16. The molecule has 10 aromatic carbocycles. The normalized spacial score (nSPS) is 12.1. The molecule has 0 atom stereocenters. The van der Waals surface area contributed by atoms with Gasteiger partial charge in [-0.25, -0.2) is 0 Å². The van der Waals surface area contributed by atoms with Crippen LogP contribution < -0.4 is 0 Å². The maximum atomic E-state index is 2.39. The second kappa shape index (κ2) is 12.2. The highest BCUT2D eigenvalue weighted by Gasteiger charge is 2.30. The third-order valence-electron chi connectivity index (χ3n) is 13.4. The van der Waals surface area contributed by atoms with E-state index in [0.717, 1.165) is 0 Å². The second-order valence-corrected chi connectivity index (χ2v) is 16.4. The Bertz CT molecular complexity index is 3170. The molecule has 0 bridgehead atoms. The average molecular weight is 737 g/mol. The maximum absolute atomic E-state index is 2.39. The van der Waals surface area contributed by atoms with Crippen LogP contribution in [0.3, 0.4) is 0 Å². The van der Waals surface area contributed by atoms with Crippen LogP contribution in [0.5, 0.6) is 0 Å². The molecule has 272 valence electrons. The van der Waals surface area contributed by atoms with Crippen molar-refractivity contribution in [3.63, 3.8) is 0 Å². The number of aryl methyl sites for hydroxylation is 2. The van der Waals surface area contributed by atoms with E-state index in [1.165, 1.54) is 144 Å². The number of hydrogen-bond acceptors (Lipinski definition) is 0. The van der Waals surface area contributed by atoms with Crippen LogP contribution in [0.2, 0.25) is 0 Å². The van der Waals surface area contributed by atoms with Gasteiger partial charge in [0.2, 0.25) is 0 Å². The molecular weight excluding hydrogens is 697 g/mol. The summed E-state index contributed by atoms with van der Waals surface area (Å²) in [5.74, 6) is 0. The quantitative estimate of drug-likeness (QED) is 0.169. The predicted molar refractivity (Wildman–Crippen MR) is 249 cm³/mol. The van der Waals surface area contributed by atoms with Crippen LogP contribution in [-0.2, 0) is 0 Å². The van der Waals surface area contributed by atoms with Gasteiger partial charge in [0.05, 0.1) is 0 Å². The summed E-state index contributed by atoms with van der Waals surface area (Å²) in [5, 5.41) is 7.92. The van der Waals surface area contributed by atoms with Gasteiger partial charge in [-0.15, -0.1) is 0 Å². The van der Waals surface area contributed by atoms with Crippen molar-refractivity contribution in [3.05, 3.63) is 192 Å². The van der Waals surface area contributed by atoms with Crippen LogP contribution in [0.25, 0.3) is 121 Å². The third kappa shape index (κ3) is 4.46. The molecule has 2 aliphatic rings. The summed E-state index contributed by atoms with van der Waals surface area (Å²) in [7, 11) is 0. The molecule has 0 amide bonds. The van der Waals surface area contributed by atoms with E-state index in [0.29, 0.717) is 0 Å². The topological polar surface area (TPSA) is 0 Å². The lowest BCUT2D eigenvalue weighted by atomic mass is 9.87. The molecule has 0 saturated heterocycles. The Kier molecular flexibility index (Phi) is 7.00. The van der Waals surface area contributed by atoms with Gasteiger partial charge in [-0.05, 0) is 171 Å². The molecule has 58 heavy (non-hydrogen) atoms. The summed E-state index contributed by atoms with van der Waals surface area (Å²) in [4.78, 5) is 0. The van der Waals surface area contributed by atoms with Crippen molar-refractivity contribution in [3.8, 4) is 89.0 Å². The average Bonchev–Trinajstić information content (AvgIpc) is 3.80. The Morgan fingerprint density at radius 2 is 0.569 bits per heavy atom. The van der Waals surface area contributed by atoms with E-state index in [9.17, 15) is 0 Å². The van der Waals surface area contributed by atoms with Gasteiger partial charge in [0.25, 0.3) is 0 Å². The van der Waals surface area contributed by atoms with Gasteiger partial charge in [0, 0.05) is 0 Å². The van der Waals surface area contributed by atoms with Crippen LogP contribution in [0.1, 0.15) is 22.3 Å². The molecule has 2 aliphatic carbocycles. The predicted octanol–water partition coefficient (Wildman–Crippen LogP) is 16.3. The number of fused-ring (bicyclic) bond motifs is 7. The van der Waals surface area contributed by atoms with Crippen molar-refractivity contribution in [2.75, 3.05) is 0 Å². The van der Waals surface area contributed by atoms with Crippen molar-refractivity contribution in [1.82, 2.24) is 0 Å². The number of rotatable bonds is 4. The van der Waals surface area contributed by atoms with Gasteiger partial charge < -0.3 is 0 Å². The van der Waals surface area contributed by atoms with E-state index in [2.05, 4.69) is 198 Å². The highest BCUT2D eigenvalue weighted by atomic mass is 14.3. The molecule has 0 heterocycles. The van der Waals surface area contributed by atoms with E-state index in [4.69, 9.17) is 0 Å². The lowest BCUT2D eigenvalue weighted by molar-refractivity contribution is 1.40. The molecule has 0 nitrogen and oxygen atoms in total. The first kappa shape index (κ1) is 33.2.